The first-order chi connectivity index (χ1) is 8.69. The minimum atomic E-state index is -0.0264. The number of benzene rings is 1. The molecule has 1 aromatic carbocycles. The smallest absolute Gasteiger partial charge is 0.256 e. The van der Waals surface area contributed by atoms with Crippen LogP contribution < -0.4 is 0 Å². The van der Waals surface area contributed by atoms with Crippen LogP contribution in [0.3, 0.4) is 0 Å². The molecule has 0 radical (unpaired) electrons. The van der Waals surface area contributed by atoms with Gasteiger partial charge in [-0.15, -0.1) is 0 Å². The second-order valence-corrected chi connectivity index (χ2v) is 4.28. The van der Waals surface area contributed by atoms with Gasteiger partial charge in [-0.1, -0.05) is 18.2 Å². The Balaban J connectivity index is 2.46. The number of nitrogens with zero attached hydrogens (tertiary/aromatic N) is 1. The molecule has 2 aromatic rings. The Hall–Kier alpha value is -1.81. The molecule has 0 bridgehead atoms. The largest absolute Gasteiger partial charge is 0.395 e. The van der Waals surface area contributed by atoms with E-state index in [0.29, 0.717) is 18.7 Å². The van der Waals surface area contributed by atoms with Crippen LogP contribution in [0.4, 0.5) is 0 Å². The number of aliphatic hydroxyl groups is 1. The number of rotatable bonds is 4. The number of fused-ring (bicyclic) bond motifs is 1. The topological polar surface area (TPSA) is 56.3 Å². The maximum atomic E-state index is 12.5. The maximum Gasteiger partial charge on any atom is 0.256 e. The Bertz CT molecular complexity index is 560. The minimum Gasteiger partial charge on any atom is -0.395 e. The van der Waals surface area contributed by atoms with Crippen molar-refractivity contribution in [3.63, 3.8) is 0 Å². The van der Waals surface area contributed by atoms with Crippen LogP contribution in [0.25, 0.3) is 10.9 Å². The summed E-state index contributed by atoms with van der Waals surface area (Å²) in [7, 11) is 0. The highest BCUT2D eigenvalue weighted by Gasteiger charge is 2.20. The molecular weight excluding hydrogens is 228 g/mol. The van der Waals surface area contributed by atoms with Gasteiger partial charge in [-0.25, -0.2) is 0 Å². The van der Waals surface area contributed by atoms with E-state index >= 15 is 0 Å². The van der Waals surface area contributed by atoms with Gasteiger partial charge in [0.2, 0.25) is 0 Å². The number of aromatic amines is 1. The fourth-order valence-corrected chi connectivity index (χ4v) is 2.23. The Kier molecular flexibility index (Phi) is 3.67. The van der Waals surface area contributed by atoms with Gasteiger partial charge in [0.05, 0.1) is 12.2 Å². The average molecular weight is 246 g/mol. The molecule has 96 valence electrons. The number of likely N-dealkylation sites (N-methyl/N-ethyl adjacent to an activating group) is 1. The van der Waals surface area contributed by atoms with E-state index in [9.17, 15) is 4.79 Å². The Labute approximate surface area is 106 Å². The lowest BCUT2D eigenvalue weighted by Crippen LogP contribution is -2.33. The number of hydrogen-bond donors (Lipinski definition) is 2. The van der Waals surface area contributed by atoms with E-state index in [-0.39, 0.29) is 12.5 Å². The van der Waals surface area contributed by atoms with Crippen LogP contribution in [0.1, 0.15) is 23.0 Å². The van der Waals surface area contributed by atoms with E-state index in [1.165, 1.54) is 0 Å². The molecule has 0 spiro atoms. The molecule has 2 N–H and O–H groups in total. The molecule has 1 heterocycles. The first-order valence-corrected chi connectivity index (χ1v) is 6.16. The van der Waals surface area contributed by atoms with Gasteiger partial charge < -0.3 is 15.0 Å². The lowest BCUT2D eigenvalue weighted by molar-refractivity contribution is 0.0733. The summed E-state index contributed by atoms with van der Waals surface area (Å²) in [5.41, 5.74) is 2.55. The van der Waals surface area contributed by atoms with Crippen molar-refractivity contribution >= 4 is 16.8 Å². The number of H-pyrrole nitrogens is 1. The fraction of sp³-hybridized carbons (Fsp3) is 0.357. The van der Waals surface area contributed by atoms with Crippen molar-refractivity contribution in [1.82, 2.24) is 9.88 Å². The average Bonchev–Trinajstić information content (AvgIpc) is 2.71. The summed E-state index contributed by atoms with van der Waals surface area (Å²) in [6.07, 6.45) is 0. The van der Waals surface area contributed by atoms with Crippen LogP contribution >= 0.6 is 0 Å². The highest BCUT2D eigenvalue weighted by atomic mass is 16.3. The van der Waals surface area contributed by atoms with E-state index < -0.39 is 0 Å². The molecule has 4 nitrogen and oxygen atoms in total. The number of para-hydroxylation sites is 1. The third-order valence-corrected chi connectivity index (χ3v) is 3.15. The van der Waals surface area contributed by atoms with Crippen molar-refractivity contribution < 1.29 is 9.90 Å². The summed E-state index contributed by atoms with van der Waals surface area (Å²) >= 11 is 0. The molecule has 18 heavy (non-hydrogen) atoms. The van der Waals surface area contributed by atoms with Gasteiger partial charge in [-0.05, 0) is 19.9 Å². The lowest BCUT2D eigenvalue weighted by Gasteiger charge is -2.19. The van der Waals surface area contributed by atoms with Crippen LogP contribution in [-0.2, 0) is 0 Å². The van der Waals surface area contributed by atoms with E-state index in [1.807, 2.05) is 38.1 Å². The van der Waals surface area contributed by atoms with E-state index in [2.05, 4.69) is 4.98 Å². The zero-order valence-corrected chi connectivity index (χ0v) is 10.7. The molecule has 1 aromatic heterocycles. The monoisotopic (exact) mass is 246 g/mol. The van der Waals surface area contributed by atoms with Gasteiger partial charge in [0, 0.05) is 29.7 Å². The number of hydrogen-bond acceptors (Lipinski definition) is 2. The quantitative estimate of drug-likeness (QED) is 0.866. The predicted molar refractivity (Wildman–Crippen MR) is 71.7 cm³/mol. The molecule has 0 aliphatic heterocycles. The van der Waals surface area contributed by atoms with E-state index in [0.717, 1.165) is 16.6 Å². The predicted octanol–water partition coefficient (Wildman–Crippen LogP) is 1.93. The third-order valence-electron chi connectivity index (χ3n) is 3.15. The Morgan fingerprint density at radius 1 is 1.39 bits per heavy atom. The maximum absolute atomic E-state index is 12.5. The van der Waals surface area contributed by atoms with Crippen molar-refractivity contribution in [3.8, 4) is 0 Å². The molecular formula is C14H18N2O2. The van der Waals surface area contributed by atoms with Gasteiger partial charge in [0.1, 0.15) is 0 Å². The van der Waals surface area contributed by atoms with Crippen molar-refractivity contribution in [2.45, 2.75) is 13.8 Å². The van der Waals surface area contributed by atoms with Crippen molar-refractivity contribution in [1.29, 1.82) is 0 Å². The summed E-state index contributed by atoms with van der Waals surface area (Å²) in [6.45, 7) is 4.77. The number of aryl methyl sites for hydroxylation is 1. The van der Waals surface area contributed by atoms with Crippen LogP contribution in [0.15, 0.2) is 24.3 Å². The molecule has 1 amide bonds. The first-order valence-electron chi connectivity index (χ1n) is 6.16. The Morgan fingerprint density at radius 3 is 2.78 bits per heavy atom. The molecule has 2 rings (SSSR count). The fourth-order valence-electron chi connectivity index (χ4n) is 2.23. The first kappa shape index (κ1) is 12.6. The second kappa shape index (κ2) is 5.23. The highest BCUT2D eigenvalue weighted by Crippen LogP contribution is 2.23. The molecule has 0 unspecified atom stereocenters. The van der Waals surface area contributed by atoms with E-state index in [1.54, 1.807) is 4.90 Å². The van der Waals surface area contributed by atoms with Gasteiger partial charge in [-0.2, -0.15) is 0 Å². The summed E-state index contributed by atoms with van der Waals surface area (Å²) < 4.78 is 0. The summed E-state index contributed by atoms with van der Waals surface area (Å²) in [4.78, 5) is 17.3. The Morgan fingerprint density at radius 2 is 2.11 bits per heavy atom. The second-order valence-electron chi connectivity index (χ2n) is 4.28. The molecule has 0 fully saturated rings. The molecule has 0 atom stereocenters. The van der Waals surface area contributed by atoms with Crippen LogP contribution in [-0.4, -0.2) is 40.6 Å². The van der Waals surface area contributed by atoms with Crippen LogP contribution in [0.5, 0.6) is 0 Å². The minimum absolute atomic E-state index is 0.0129. The normalized spacial score (nSPS) is 10.8. The summed E-state index contributed by atoms with van der Waals surface area (Å²) in [5.74, 6) is -0.0264. The SMILES string of the molecule is CCN(CCO)C(=O)c1c(C)[nH]c2ccccc12. The van der Waals surface area contributed by atoms with Gasteiger partial charge in [0.15, 0.2) is 0 Å². The molecule has 4 heteroatoms. The number of aliphatic hydroxyl groups excluding tert-OH is 1. The van der Waals surface area contributed by atoms with Crippen LogP contribution in [0.2, 0.25) is 0 Å². The summed E-state index contributed by atoms with van der Waals surface area (Å²) in [6, 6.07) is 7.77. The third kappa shape index (κ3) is 2.11. The number of amides is 1. The summed E-state index contributed by atoms with van der Waals surface area (Å²) in [5, 5.41) is 9.94. The number of carbonyl (C=O) groups is 1. The molecule has 0 aliphatic carbocycles. The number of nitrogens with one attached hydrogen (secondary N) is 1. The zero-order valence-electron chi connectivity index (χ0n) is 10.7. The molecule has 0 saturated heterocycles. The zero-order chi connectivity index (χ0) is 13.1. The van der Waals surface area contributed by atoms with Gasteiger partial charge in [0.25, 0.3) is 5.91 Å². The van der Waals surface area contributed by atoms with Crippen molar-refractivity contribution in [2.24, 2.45) is 0 Å². The van der Waals surface area contributed by atoms with Gasteiger partial charge in [-0.3, -0.25) is 4.79 Å². The standard InChI is InChI=1S/C14H18N2O2/c1-3-16(8-9-17)14(18)13-10(2)15-12-7-5-4-6-11(12)13/h4-7,15,17H,3,8-9H2,1-2H3. The lowest BCUT2D eigenvalue weighted by atomic mass is 10.1. The van der Waals surface area contributed by atoms with E-state index in [4.69, 9.17) is 5.11 Å². The number of aromatic nitrogens is 1. The molecule has 0 saturated carbocycles. The molecule has 0 aliphatic rings. The van der Waals surface area contributed by atoms with Gasteiger partial charge >= 0.3 is 0 Å². The highest BCUT2D eigenvalue weighted by molar-refractivity contribution is 6.08. The van der Waals surface area contributed by atoms with Crippen molar-refractivity contribution in [3.05, 3.63) is 35.5 Å². The van der Waals surface area contributed by atoms with Crippen molar-refractivity contribution in [2.75, 3.05) is 19.7 Å². The number of carbonyl (C=O) groups excluding carboxylic acids is 1. The van der Waals surface area contributed by atoms with Crippen LogP contribution in [0, 0.1) is 6.92 Å².